The van der Waals surface area contributed by atoms with E-state index < -0.39 is 0 Å². The molecule has 0 aromatic heterocycles. The maximum absolute atomic E-state index is 12.5. The molecule has 0 fully saturated rings. The highest BCUT2D eigenvalue weighted by Gasteiger charge is 2.27. The van der Waals surface area contributed by atoms with Crippen molar-refractivity contribution in [2.75, 3.05) is 12.4 Å². The Labute approximate surface area is 181 Å². The molecule has 3 N–H and O–H groups in total. The molecule has 0 aliphatic carbocycles. The quantitative estimate of drug-likeness (QED) is 0.449. The predicted octanol–water partition coefficient (Wildman–Crippen LogP) is 5.97. The number of carbonyl (C=O) groups is 1. The van der Waals surface area contributed by atoms with Crippen LogP contribution in [0.15, 0.2) is 60.2 Å². The molecular weight excluding hydrogens is 390 g/mol. The standard InChI is InChI=1S/C26H25NO4/c1-4-6-15(2)24-20-13-19(22(28)14-21(20)27-26(24)30)17-11-9-16(10-12-17)18-7-5-8-23(31-3)25(18)29/h5,7-14,28-29H,4,6H2,1-3H3,(H,27,30)/b24-15+. The molecule has 1 aliphatic heterocycles. The molecule has 0 radical (unpaired) electrons. The topological polar surface area (TPSA) is 78.8 Å². The zero-order valence-electron chi connectivity index (χ0n) is 17.8. The van der Waals surface area contributed by atoms with Crippen LogP contribution < -0.4 is 10.1 Å². The highest BCUT2D eigenvalue weighted by Crippen LogP contribution is 2.43. The van der Waals surface area contributed by atoms with Crippen LogP contribution in [0.3, 0.4) is 0 Å². The number of nitrogens with one attached hydrogen (secondary N) is 1. The van der Waals surface area contributed by atoms with Crippen LogP contribution in [0.4, 0.5) is 5.69 Å². The summed E-state index contributed by atoms with van der Waals surface area (Å²) < 4.78 is 5.19. The molecule has 1 heterocycles. The number of anilines is 1. The Morgan fingerprint density at radius 2 is 1.65 bits per heavy atom. The molecule has 31 heavy (non-hydrogen) atoms. The lowest BCUT2D eigenvalue weighted by Crippen LogP contribution is -2.05. The smallest absolute Gasteiger partial charge is 0.256 e. The molecule has 1 aliphatic rings. The Kier molecular flexibility index (Phi) is 5.42. The van der Waals surface area contributed by atoms with Crippen LogP contribution in [-0.2, 0) is 4.79 Å². The van der Waals surface area contributed by atoms with Crippen molar-refractivity contribution in [1.29, 1.82) is 0 Å². The van der Waals surface area contributed by atoms with Gasteiger partial charge in [-0.05, 0) is 36.6 Å². The van der Waals surface area contributed by atoms with Crippen LogP contribution in [-0.4, -0.2) is 23.2 Å². The van der Waals surface area contributed by atoms with E-state index in [1.165, 1.54) is 7.11 Å². The molecular formula is C26H25NO4. The molecule has 0 unspecified atom stereocenters. The SMILES string of the molecule is CCC/C(C)=C1/C(=O)Nc2cc(O)c(-c3ccc(-c4cccc(OC)c4O)cc3)cc21. The van der Waals surface area contributed by atoms with Gasteiger partial charge in [0.05, 0.1) is 12.8 Å². The second-order valence-electron chi connectivity index (χ2n) is 7.71. The van der Waals surface area contributed by atoms with Crippen molar-refractivity contribution in [3.8, 4) is 39.5 Å². The number of phenols is 2. The van der Waals surface area contributed by atoms with E-state index in [1.54, 1.807) is 12.1 Å². The minimum Gasteiger partial charge on any atom is -0.507 e. The summed E-state index contributed by atoms with van der Waals surface area (Å²) in [6, 6.07) is 16.4. The number of aromatic hydroxyl groups is 2. The van der Waals surface area contributed by atoms with Gasteiger partial charge in [0.15, 0.2) is 11.5 Å². The molecule has 5 nitrogen and oxygen atoms in total. The predicted molar refractivity (Wildman–Crippen MR) is 123 cm³/mol. The van der Waals surface area contributed by atoms with Crippen molar-refractivity contribution in [1.82, 2.24) is 0 Å². The third-order valence-electron chi connectivity index (χ3n) is 5.66. The molecule has 0 atom stereocenters. The molecule has 158 valence electrons. The zero-order chi connectivity index (χ0) is 22.1. The Bertz CT molecular complexity index is 1190. The van der Waals surface area contributed by atoms with Gasteiger partial charge in [0.2, 0.25) is 0 Å². The summed E-state index contributed by atoms with van der Waals surface area (Å²) in [7, 11) is 1.52. The number of allylic oxidation sites excluding steroid dienone is 1. The van der Waals surface area contributed by atoms with Crippen molar-refractivity contribution in [2.45, 2.75) is 26.7 Å². The fourth-order valence-corrected chi connectivity index (χ4v) is 4.11. The molecule has 0 saturated carbocycles. The number of phenolic OH excluding ortho intramolecular Hbond substituents is 2. The minimum atomic E-state index is -0.124. The second-order valence-corrected chi connectivity index (χ2v) is 7.71. The molecule has 0 bridgehead atoms. The zero-order valence-corrected chi connectivity index (χ0v) is 17.8. The third-order valence-corrected chi connectivity index (χ3v) is 5.66. The number of para-hydroxylation sites is 1. The number of rotatable bonds is 5. The molecule has 3 aromatic rings. The monoisotopic (exact) mass is 415 g/mol. The Morgan fingerprint density at radius 1 is 0.968 bits per heavy atom. The van der Waals surface area contributed by atoms with Gasteiger partial charge in [-0.15, -0.1) is 0 Å². The largest absolute Gasteiger partial charge is 0.507 e. The van der Waals surface area contributed by atoms with E-state index in [0.717, 1.165) is 35.1 Å². The van der Waals surface area contributed by atoms with Crippen LogP contribution in [0.1, 0.15) is 32.3 Å². The number of benzene rings is 3. The van der Waals surface area contributed by atoms with Gasteiger partial charge in [0.25, 0.3) is 5.91 Å². The first kappa shape index (κ1) is 20.5. The average molecular weight is 415 g/mol. The van der Waals surface area contributed by atoms with E-state index in [2.05, 4.69) is 12.2 Å². The number of amides is 1. The van der Waals surface area contributed by atoms with E-state index in [-0.39, 0.29) is 17.4 Å². The van der Waals surface area contributed by atoms with Gasteiger partial charge in [0, 0.05) is 28.3 Å². The van der Waals surface area contributed by atoms with Gasteiger partial charge in [-0.25, -0.2) is 0 Å². The summed E-state index contributed by atoms with van der Waals surface area (Å²) in [6.07, 6.45) is 1.80. The number of fused-ring (bicyclic) bond motifs is 1. The fraction of sp³-hybridized carbons (Fsp3) is 0.192. The lowest BCUT2D eigenvalue weighted by atomic mass is 9.94. The van der Waals surface area contributed by atoms with E-state index in [4.69, 9.17) is 4.74 Å². The lowest BCUT2D eigenvalue weighted by molar-refractivity contribution is -0.110. The first-order valence-electron chi connectivity index (χ1n) is 10.3. The van der Waals surface area contributed by atoms with Crippen molar-refractivity contribution < 1.29 is 19.7 Å². The van der Waals surface area contributed by atoms with E-state index in [0.29, 0.717) is 28.1 Å². The number of ether oxygens (including phenoxy) is 1. The summed E-state index contributed by atoms with van der Waals surface area (Å²) in [5, 5.41) is 23.9. The van der Waals surface area contributed by atoms with Gasteiger partial charge < -0.3 is 20.3 Å². The Morgan fingerprint density at radius 3 is 2.29 bits per heavy atom. The van der Waals surface area contributed by atoms with Gasteiger partial charge in [-0.2, -0.15) is 0 Å². The minimum absolute atomic E-state index is 0.0869. The van der Waals surface area contributed by atoms with Crippen molar-refractivity contribution in [2.24, 2.45) is 0 Å². The van der Waals surface area contributed by atoms with Gasteiger partial charge in [0.1, 0.15) is 5.75 Å². The molecule has 4 rings (SSSR count). The Balaban J connectivity index is 1.75. The molecule has 1 amide bonds. The molecule has 0 saturated heterocycles. The van der Waals surface area contributed by atoms with Crippen LogP contribution in [0.25, 0.3) is 27.8 Å². The summed E-state index contributed by atoms with van der Waals surface area (Å²) >= 11 is 0. The normalized spacial score (nSPS) is 14.2. The third kappa shape index (κ3) is 3.63. The van der Waals surface area contributed by atoms with Gasteiger partial charge >= 0.3 is 0 Å². The van der Waals surface area contributed by atoms with Crippen molar-refractivity contribution in [3.63, 3.8) is 0 Å². The highest BCUT2D eigenvalue weighted by molar-refractivity contribution is 6.32. The van der Waals surface area contributed by atoms with Crippen molar-refractivity contribution >= 4 is 17.2 Å². The number of hydrogen-bond acceptors (Lipinski definition) is 4. The Hall–Kier alpha value is -3.73. The summed E-state index contributed by atoms with van der Waals surface area (Å²) in [5.74, 6) is 0.479. The van der Waals surface area contributed by atoms with Crippen LogP contribution in [0.2, 0.25) is 0 Å². The fourth-order valence-electron chi connectivity index (χ4n) is 4.11. The average Bonchev–Trinajstić information content (AvgIpc) is 3.08. The van der Waals surface area contributed by atoms with E-state index in [1.807, 2.05) is 49.4 Å². The summed E-state index contributed by atoms with van der Waals surface area (Å²) in [4.78, 5) is 12.5. The first-order chi connectivity index (χ1) is 14.9. The van der Waals surface area contributed by atoms with E-state index >= 15 is 0 Å². The number of methoxy groups -OCH3 is 1. The molecule has 3 aromatic carbocycles. The number of hydrogen-bond donors (Lipinski definition) is 3. The van der Waals surface area contributed by atoms with Crippen LogP contribution in [0, 0.1) is 0 Å². The van der Waals surface area contributed by atoms with Gasteiger partial charge in [-0.1, -0.05) is 55.3 Å². The molecule has 0 spiro atoms. The first-order valence-corrected chi connectivity index (χ1v) is 10.3. The lowest BCUT2D eigenvalue weighted by Gasteiger charge is -2.12. The highest BCUT2D eigenvalue weighted by atomic mass is 16.5. The number of carbonyl (C=O) groups excluding carboxylic acids is 1. The maximum Gasteiger partial charge on any atom is 0.256 e. The summed E-state index contributed by atoms with van der Waals surface area (Å²) in [5.41, 5.74) is 6.15. The van der Waals surface area contributed by atoms with Crippen LogP contribution in [0.5, 0.6) is 17.2 Å². The van der Waals surface area contributed by atoms with E-state index in [9.17, 15) is 15.0 Å². The second kappa shape index (κ2) is 8.19. The van der Waals surface area contributed by atoms with Crippen molar-refractivity contribution in [3.05, 3.63) is 65.7 Å². The molecule has 5 heteroatoms. The maximum atomic E-state index is 12.5. The summed E-state index contributed by atoms with van der Waals surface area (Å²) in [6.45, 7) is 4.07. The van der Waals surface area contributed by atoms with Gasteiger partial charge in [-0.3, -0.25) is 4.79 Å². The van der Waals surface area contributed by atoms with Crippen LogP contribution >= 0.6 is 0 Å².